The van der Waals surface area contributed by atoms with Crippen LogP contribution in [0.2, 0.25) is 0 Å². The highest BCUT2D eigenvalue weighted by atomic mass is 15.0. The SMILES string of the molecule is CCCCC1(C)C=CNC=N1. The number of unbranched alkanes of at least 4 members (excludes halogenated alkanes) is 1. The molecule has 0 bridgehead atoms. The molecule has 0 radical (unpaired) electrons. The largest absolute Gasteiger partial charge is 0.353 e. The van der Waals surface area contributed by atoms with Crippen LogP contribution in [0.5, 0.6) is 0 Å². The first-order chi connectivity index (χ1) is 5.27. The van der Waals surface area contributed by atoms with Crippen molar-refractivity contribution in [3.63, 3.8) is 0 Å². The molecule has 2 nitrogen and oxygen atoms in total. The molecule has 0 saturated carbocycles. The van der Waals surface area contributed by atoms with Gasteiger partial charge in [-0.25, -0.2) is 0 Å². The molecule has 2 heteroatoms. The van der Waals surface area contributed by atoms with Gasteiger partial charge in [-0.15, -0.1) is 0 Å². The van der Waals surface area contributed by atoms with E-state index in [-0.39, 0.29) is 5.54 Å². The summed E-state index contributed by atoms with van der Waals surface area (Å²) in [5, 5.41) is 2.94. The fourth-order valence-corrected chi connectivity index (χ4v) is 1.18. The van der Waals surface area contributed by atoms with Crippen molar-refractivity contribution >= 4 is 6.34 Å². The number of rotatable bonds is 3. The molecule has 1 atom stereocenters. The van der Waals surface area contributed by atoms with Crippen LogP contribution in [0, 0.1) is 0 Å². The van der Waals surface area contributed by atoms with Gasteiger partial charge in [0.15, 0.2) is 0 Å². The molecule has 0 aromatic heterocycles. The lowest BCUT2D eigenvalue weighted by Crippen LogP contribution is -2.25. The predicted octanol–water partition coefficient (Wildman–Crippen LogP) is 2.08. The van der Waals surface area contributed by atoms with Crippen molar-refractivity contribution in [3.05, 3.63) is 12.3 Å². The number of hydrogen-bond acceptors (Lipinski definition) is 2. The second-order valence-corrected chi connectivity index (χ2v) is 3.22. The molecule has 0 aromatic carbocycles. The van der Waals surface area contributed by atoms with Crippen molar-refractivity contribution in [1.29, 1.82) is 0 Å². The van der Waals surface area contributed by atoms with Gasteiger partial charge in [0.1, 0.15) is 0 Å². The summed E-state index contributed by atoms with van der Waals surface area (Å²) in [6.07, 6.45) is 9.50. The van der Waals surface area contributed by atoms with Crippen LogP contribution in [-0.4, -0.2) is 11.9 Å². The molecule has 11 heavy (non-hydrogen) atoms. The van der Waals surface area contributed by atoms with E-state index in [1.165, 1.54) is 12.8 Å². The maximum absolute atomic E-state index is 4.38. The molecule has 0 amide bonds. The molecule has 0 spiro atoms. The Balaban J connectivity index is 2.44. The molecule has 1 unspecified atom stereocenters. The molecule has 0 aliphatic carbocycles. The third-order valence-electron chi connectivity index (χ3n) is 2.01. The van der Waals surface area contributed by atoms with Crippen LogP contribution in [0.25, 0.3) is 0 Å². The van der Waals surface area contributed by atoms with E-state index in [4.69, 9.17) is 0 Å². The molecule has 62 valence electrons. The highest BCUT2D eigenvalue weighted by Crippen LogP contribution is 2.20. The quantitative estimate of drug-likeness (QED) is 0.658. The molecule has 1 rings (SSSR count). The Morgan fingerprint density at radius 2 is 2.36 bits per heavy atom. The fraction of sp³-hybridized carbons (Fsp3) is 0.667. The van der Waals surface area contributed by atoms with Crippen LogP contribution in [-0.2, 0) is 0 Å². The van der Waals surface area contributed by atoms with E-state index in [1.807, 2.05) is 6.20 Å². The van der Waals surface area contributed by atoms with Crippen molar-refractivity contribution in [2.75, 3.05) is 0 Å². The topological polar surface area (TPSA) is 24.4 Å². The van der Waals surface area contributed by atoms with Crippen LogP contribution in [0.15, 0.2) is 17.3 Å². The molecule has 1 N–H and O–H groups in total. The molecule has 1 aliphatic rings. The second kappa shape index (κ2) is 3.56. The van der Waals surface area contributed by atoms with E-state index < -0.39 is 0 Å². The Kier molecular flexibility index (Phi) is 2.69. The lowest BCUT2D eigenvalue weighted by Gasteiger charge is -2.22. The Labute approximate surface area is 68.4 Å². The first-order valence-electron chi connectivity index (χ1n) is 4.24. The first kappa shape index (κ1) is 8.31. The van der Waals surface area contributed by atoms with Gasteiger partial charge in [0.2, 0.25) is 0 Å². The summed E-state index contributed by atoms with van der Waals surface area (Å²) < 4.78 is 0. The number of nitrogens with zero attached hydrogens (tertiary/aromatic N) is 1. The van der Waals surface area contributed by atoms with Crippen molar-refractivity contribution < 1.29 is 0 Å². The minimum atomic E-state index is 0.0568. The van der Waals surface area contributed by atoms with Crippen LogP contribution >= 0.6 is 0 Å². The van der Waals surface area contributed by atoms with Crippen molar-refractivity contribution in [1.82, 2.24) is 5.32 Å². The molecule has 0 fully saturated rings. The van der Waals surface area contributed by atoms with Gasteiger partial charge in [0, 0.05) is 6.20 Å². The van der Waals surface area contributed by atoms with E-state index >= 15 is 0 Å². The van der Waals surface area contributed by atoms with Gasteiger partial charge < -0.3 is 5.32 Å². The van der Waals surface area contributed by atoms with Crippen LogP contribution in [0.3, 0.4) is 0 Å². The zero-order valence-electron chi connectivity index (χ0n) is 7.30. The van der Waals surface area contributed by atoms with E-state index in [1.54, 1.807) is 6.34 Å². The predicted molar refractivity (Wildman–Crippen MR) is 48.7 cm³/mol. The van der Waals surface area contributed by atoms with Gasteiger partial charge in [-0.2, -0.15) is 0 Å². The smallest absolute Gasteiger partial charge is 0.0874 e. The van der Waals surface area contributed by atoms with Gasteiger partial charge in [-0.05, 0) is 19.4 Å². The highest BCUT2D eigenvalue weighted by molar-refractivity contribution is 5.58. The van der Waals surface area contributed by atoms with Gasteiger partial charge in [-0.1, -0.05) is 19.8 Å². The van der Waals surface area contributed by atoms with Crippen LogP contribution in [0.1, 0.15) is 33.1 Å². The lowest BCUT2D eigenvalue weighted by molar-refractivity contribution is 0.504. The van der Waals surface area contributed by atoms with Crippen molar-refractivity contribution in [2.24, 2.45) is 4.99 Å². The highest BCUT2D eigenvalue weighted by Gasteiger charge is 2.18. The fourth-order valence-electron chi connectivity index (χ4n) is 1.18. The summed E-state index contributed by atoms with van der Waals surface area (Å²) in [5.74, 6) is 0. The van der Waals surface area contributed by atoms with Gasteiger partial charge in [0.25, 0.3) is 0 Å². The zero-order valence-corrected chi connectivity index (χ0v) is 7.30. The van der Waals surface area contributed by atoms with E-state index in [0.717, 1.165) is 6.42 Å². The van der Waals surface area contributed by atoms with Crippen molar-refractivity contribution in [2.45, 2.75) is 38.6 Å². The van der Waals surface area contributed by atoms with Crippen molar-refractivity contribution in [3.8, 4) is 0 Å². The van der Waals surface area contributed by atoms with Crippen LogP contribution in [0.4, 0.5) is 0 Å². The average molecular weight is 152 g/mol. The summed E-state index contributed by atoms with van der Waals surface area (Å²) in [4.78, 5) is 4.38. The van der Waals surface area contributed by atoms with Gasteiger partial charge >= 0.3 is 0 Å². The normalized spacial score (nSPS) is 28.5. The second-order valence-electron chi connectivity index (χ2n) is 3.22. The Hall–Kier alpha value is -0.790. The molecule has 1 aliphatic heterocycles. The minimum absolute atomic E-state index is 0.0568. The summed E-state index contributed by atoms with van der Waals surface area (Å²) in [5.41, 5.74) is 0.0568. The van der Waals surface area contributed by atoms with E-state index in [0.29, 0.717) is 0 Å². The van der Waals surface area contributed by atoms with E-state index in [2.05, 4.69) is 30.2 Å². The summed E-state index contributed by atoms with van der Waals surface area (Å²) in [6.45, 7) is 4.37. The minimum Gasteiger partial charge on any atom is -0.353 e. The third kappa shape index (κ3) is 2.37. The standard InChI is InChI=1S/C9H16N2/c1-3-4-5-9(2)6-7-10-8-11-9/h6-8H,3-5H2,1-2H3,(H,10,11). The molecular formula is C9H16N2. The maximum Gasteiger partial charge on any atom is 0.0874 e. The summed E-state index contributed by atoms with van der Waals surface area (Å²) >= 11 is 0. The summed E-state index contributed by atoms with van der Waals surface area (Å²) in [7, 11) is 0. The maximum atomic E-state index is 4.38. The first-order valence-corrected chi connectivity index (χ1v) is 4.24. The van der Waals surface area contributed by atoms with Gasteiger partial charge in [-0.3, -0.25) is 4.99 Å². The van der Waals surface area contributed by atoms with Crippen LogP contribution < -0.4 is 5.32 Å². The molecule has 0 saturated heterocycles. The molecule has 0 aromatic rings. The third-order valence-corrected chi connectivity index (χ3v) is 2.01. The Morgan fingerprint density at radius 3 is 2.91 bits per heavy atom. The molecular weight excluding hydrogens is 136 g/mol. The monoisotopic (exact) mass is 152 g/mol. The number of nitrogens with one attached hydrogen (secondary N) is 1. The molecule has 1 heterocycles. The lowest BCUT2D eigenvalue weighted by atomic mass is 9.95. The zero-order chi connectivity index (χ0) is 8.16. The number of hydrogen-bond donors (Lipinski definition) is 1. The number of aliphatic imine (C=N–C) groups is 1. The van der Waals surface area contributed by atoms with Gasteiger partial charge in [0.05, 0.1) is 11.9 Å². The average Bonchev–Trinajstić information content (AvgIpc) is 2.03. The Bertz CT molecular complexity index is 158. The van der Waals surface area contributed by atoms with E-state index in [9.17, 15) is 0 Å². The Morgan fingerprint density at radius 1 is 1.55 bits per heavy atom. The summed E-state index contributed by atoms with van der Waals surface area (Å²) in [6, 6.07) is 0.